The Balaban J connectivity index is 1.92. The molecular formula is C11H14N2O. The van der Waals surface area contributed by atoms with Crippen molar-refractivity contribution in [2.45, 2.75) is 25.7 Å². The molecule has 74 valence electrons. The number of ketones is 1. The fraction of sp³-hybridized carbons (Fsp3) is 0.455. The maximum Gasteiger partial charge on any atom is 0.137 e. The third-order valence-corrected chi connectivity index (χ3v) is 2.46. The molecule has 2 rings (SSSR count). The zero-order valence-corrected chi connectivity index (χ0v) is 8.07. The topological polar surface area (TPSA) is 56.0 Å². The molecule has 0 saturated heterocycles. The van der Waals surface area contributed by atoms with Crippen LogP contribution in [0.3, 0.4) is 0 Å². The molecule has 0 unspecified atom stereocenters. The predicted octanol–water partition coefficient (Wildman–Crippen LogP) is 1.58. The number of carbonyl (C=O) groups is 1. The van der Waals surface area contributed by atoms with Gasteiger partial charge in [0.2, 0.25) is 0 Å². The van der Waals surface area contributed by atoms with Crippen molar-refractivity contribution in [3.05, 3.63) is 23.9 Å². The summed E-state index contributed by atoms with van der Waals surface area (Å²) in [7, 11) is 0. The van der Waals surface area contributed by atoms with Crippen LogP contribution in [0.5, 0.6) is 0 Å². The van der Waals surface area contributed by atoms with Crippen LogP contribution < -0.4 is 5.73 Å². The number of nitrogens with two attached hydrogens (primary N) is 1. The number of anilines is 1. The Kier molecular flexibility index (Phi) is 2.48. The molecule has 1 aliphatic carbocycles. The Morgan fingerprint density at radius 2 is 2.36 bits per heavy atom. The second-order valence-electron chi connectivity index (χ2n) is 3.95. The van der Waals surface area contributed by atoms with E-state index in [0.717, 1.165) is 12.0 Å². The minimum atomic E-state index is 0.318. The van der Waals surface area contributed by atoms with Crippen LogP contribution in [-0.2, 0) is 11.2 Å². The van der Waals surface area contributed by atoms with E-state index >= 15 is 0 Å². The fourth-order valence-corrected chi connectivity index (χ4v) is 1.55. The van der Waals surface area contributed by atoms with Gasteiger partial charge in [-0.3, -0.25) is 4.79 Å². The summed E-state index contributed by atoms with van der Waals surface area (Å²) in [6.07, 6.45) is 5.34. The molecule has 0 atom stereocenters. The monoisotopic (exact) mass is 190 g/mol. The van der Waals surface area contributed by atoms with Gasteiger partial charge in [0.1, 0.15) is 11.6 Å². The second-order valence-corrected chi connectivity index (χ2v) is 3.95. The molecule has 2 N–H and O–H groups in total. The highest BCUT2D eigenvalue weighted by Crippen LogP contribution is 2.32. The van der Waals surface area contributed by atoms with E-state index in [-0.39, 0.29) is 0 Å². The lowest BCUT2D eigenvalue weighted by atomic mass is 10.1. The lowest BCUT2D eigenvalue weighted by Crippen LogP contribution is -2.04. The molecule has 1 saturated carbocycles. The summed E-state index contributed by atoms with van der Waals surface area (Å²) >= 11 is 0. The number of carbonyl (C=O) groups excluding carboxylic acids is 1. The zero-order chi connectivity index (χ0) is 9.97. The molecule has 0 radical (unpaired) electrons. The zero-order valence-electron chi connectivity index (χ0n) is 8.07. The molecule has 1 fully saturated rings. The first-order valence-corrected chi connectivity index (χ1v) is 4.96. The molecule has 1 aromatic heterocycles. The number of aromatic nitrogens is 1. The van der Waals surface area contributed by atoms with Gasteiger partial charge in [-0.05, 0) is 36.5 Å². The number of nitrogen functional groups attached to an aromatic ring is 1. The summed E-state index contributed by atoms with van der Waals surface area (Å²) in [5.41, 5.74) is 6.50. The largest absolute Gasteiger partial charge is 0.384 e. The first-order valence-electron chi connectivity index (χ1n) is 4.96. The standard InChI is InChI=1S/C11H14N2O/c12-11-7-9(3-4-13-11)6-10(14)5-8-1-2-8/h3-4,7-8H,1-2,5-6H2,(H2,12,13). The van der Waals surface area contributed by atoms with E-state index in [0.29, 0.717) is 23.9 Å². The summed E-state index contributed by atoms with van der Waals surface area (Å²) in [6.45, 7) is 0. The average Bonchev–Trinajstić information content (AvgIpc) is 2.87. The van der Waals surface area contributed by atoms with Crippen molar-refractivity contribution in [2.24, 2.45) is 5.92 Å². The summed E-state index contributed by atoms with van der Waals surface area (Å²) in [5.74, 6) is 1.47. The van der Waals surface area contributed by atoms with Gasteiger partial charge >= 0.3 is 0 Å². The van der Waals surface area contributed by atoms with Gasteiger partial charge < -0.3 is 5.73 Å². The highest BCUT2D eigenvalue weighted by atomic mass is 16.1. The van der Waals surface area contributed by atoms with Crippen molar-refractivity contribution >= 4 is 11.6 Å². The van der Waals surface area contributed by atoms with Crippen LogP contribution in [0.2, 0.25) is 0 Å². The Morgan fingerprint density at radius 1 is 1.57 bits per heavy atom. The number of Topliss-reactive ketones (excluding diaryl/α,β-unsaturated/α-hetero) is 1. The van der Waals surface area contributed by atoms with E-state index in [4.69, 9.17) is 5.73 Å². The molecule has 14 heavy (non-hydrogen) atoms. The Morgan fingerprint density at radius 3 is 3.00 bits per heavy atom. The van der Waals surface area contributed by atoms with Crippen LogP contribution in [0.25, 0.3) is 0 Å². The molecule has 0 aliphatic heterocycles. The van der Waals surface area contributed by atoms with Gasteiger partial charge in [0, 0.05) is 19.0 Å². The van der Waals surface area contributed by atoms with Crippen LogP contribution in [0.4, 0.5) is 5.82 Å². The quantitative estimate of drug-likeness (QED) is 0.784. The van der Waals surface area contributed by atoms with Crippen LogP contribution >= 0.6 is 0 Å². The Labute approximate surface area is 83.3 Å². The minimum Gasteiger partial charge on any atom is -0.384 e. The van der Waals surface area contributed by atoms with Gasteiger partial charge in [0.05, 0.1) is 0 Å². The van der Waals surface area contributed by atoms with E-state index in [2.05, 4.69) is 4.98 Å². The van der Waals surface area contributed by atoms with Crippen LogP contribution in [0.15, 0.2) is 18.3 Å². The molecule has 0 bridgehead atoms. The molecule has 0 aromatic carbocycles. The van der Waals surface area contributed by atoms with E-state index in [9.17, 15) is 4.79 Å². The van der Waals surface area contributed by atoms with E-state index in [1.807, 2.05) is 6.07 Å². The molecule has 1 heterocycles. The lowest BCUT2D eigenvalue weighted by Gasteiger charge is -2.00. The summed E-state index contributed by atoms with van der Waals surface area (Å²) in [4.78, 5) is 15.4. The van der Waals surface area contributed by atoms with Crippen molar-refractivity contribution in [2.75, 3.05) is 5.73 Å². The van der Waals surface area contributed by atoms with Crippen LogP contribution in [0.1, 0.15) is 24.8 Å². The Hall–Kier alpha value is -1.38. The average molecular weight is 190 g/mol. The van der Waals surface area contributed by atoms with E-state index in [1.165, 1.54) is 12.8 Å². The van der Waals surface area contributed by atoms with Crippen LogP contribution in [0, 0.1) is 5.92 Å². The van der Waals surface area contributed by atoms with Gasteiger partial charge in [-0.1, -0.05) is 0 Å². The Bertz CT molecular complexity index is 345. The van der Waals surface area contributed by atoms with Crippen LogP contribution in [-0.4, -0.2) is 10.8 Å². The number of hydrogen-bond acceptors (Lipinski definition) is 3. The molecule has 0 amide bonds. The molecule has 3 heteroatoms. The van der Waals surface area contributed by atoms with Crippen molar-refractivity contribution in [3.63, 3.8) is 0 Å². The van der Waals surface area contributed by atoms with Crippen molar-refractivity contribution in [1.29, 1.82) is 0 Å². The predicted molar refractivity (Wildman–Crippen MR) is 54.7 cm³/mol. The number of pyridine rings is 1. The summed E-state index contributed by atoms with van der Waals surface area (Å²) in [5, 5.41) is 0. The molecule has 1 aliphatic rings. The summed E-state index contributed by atoms with van der Waals surface area (Å²) < 4.78 is 0. The molecule has 1 aromatic rings. The third kappa shape index (κ3) is 2.55. The lowest BCUT2D eigenvalue weighted by molar-refractivity contribution is -0.118. The molecular weight excluding hydrogens is 176 g/mol. The second kappa shape index (κ2) is 3.78. The highest BCUT2D eigenvalue weighted by molar-refractivity contribution is 5.81. The smallest absolute Gasteiger partial charge is 0.137 e. The number of nitrogens with zero attached hydrogens (tertiary/aromatic N) is 1. The van der Waals surface area contributed by atoms with Crippen molar-refractivity contribution in [1.82, 2.24) is 4.98 Å². The summed E-state index contributed by atoms with van der Waals surface area (Å²) in [6, 6.07) is 3.62. The number of rotatable bonds is 4. The molecule has 0 spiro atoms. The maximum atomic E-state index is 11.5. The van der Waals surface area contributed by atoms with Gasteiger partial charge in [-0.15, -0.1) is 0 Å². The van der Waals surface area contributed by atoms with Gasteiger partial charge in [-0.25, -0.2) is 4.98 Å². The van der Waals surface area contributed by atoms with E-state index < -0.39 is 0 Å². The molecule has 3 nitrogen and oxygen atoms in total. The maximum absolute atomic E-state index is 11.5. The van der Waals surface area contributed by atoms with Gasteiger partial charge in [0.25, 0.3) is 0 Å². The highest BCUT2D eigenvalue weighted by Gasteiger charge is 2.24. The first-order chi connectivity index (χ1) is 6.74. The van der Waals surface area contributed by atoms with Gasteiger partial charge in [0.15, 0.2) is 0 Å². The van der Waals surface area contributed by atoms with Gasteiger partial charge in [-0.2, -0.15) is 0 Å². The van der Waals surface area contributed by atoms with Crippen molar-refractivity contribution < 1.29 is 4.79 Å². The SMILES string of the molecule is Nc1cc(CC(=O)CC2CC2)ccn1. The minimum absolute atomic E-state index is 0.318. The normalized spacial score (nSPS) is 15.4. The number of hydrogen-bond donors (Lipinski definition) is 1. The third-order valence-electron chi connectivity index (χ3n) is 2.46. The first kappa shape index (κ1) is 9.19. The fourth-order valence-electron chi connectivity index (χ4n) is 1.55. The van der Waals surface area contributed by atoms with E-state index in [1.54, 1.807) is 12.3 Å². The van der Waals surface area contributed by atoms with Crippen molar-refractivity contribution in [3.8, 4) is 0 Å².